The van der Waals surface area contributed by atoms with Gasteiger partial charge in [-0.15, -0.1) is 0 Å². The molecule has 3 aromatic rings. The lowest BCUT2D eigenvalue weighted by Gasteiger charge is -2.17. The zero-order chi connectivity index (χ0) is 32.2. The Morgan fingerprint density at radius 2 is 1.30 bits per heavy atom. The number of nitro benzene ring substituents is 1. The summed E-state index contributed by atoms with van der Waals surface area (Å²) in [5.41, 5.74) is -1.31. The number of likely N-dealkylation sites (N-methyl/N-ethyl adjacent to an activating group) is 1. The van der Waals surface area contributed by atoms with Gasteiger partial charge in [0.2, 0.25) is 0 Å². The maximum atomic E-state index is 12.8. The van der Waals surface area contributed by atoms with Crippen LogP contribution in [0.4, 0.5) is 15.3 Å². The van der Waals surface area contributed by atoms with Crippen molar-refractivity contribution < 1.29 is 47.7 Å². The van der Waals surface area contributed by atoms with E-state index in [4.69, 9.17) is 28.4 Å². The molecule has 0 N–H and O–H groups in total. The number of benzene rings is 3. The van der Waals surface area contributed by atoms with Gasteiger partial charge in [0.15, 0.2) is 28.7 Å². The van der Waals surface area contributed by atoms with Gasteiger partial charge in [-0.1, -0.05) is 24.3 Å². The maximum Gasteiger partial charge on any atom is 0.519 e. The van der Waals surface area contributed by atoms with Crippen LogP contribution in [0.2, 0.25) is 0 Å². The van der Waals surface area contributed by atoms with Crippen LogP contribution in [-0.4, -0.2) is 55.4 Å². The first-order valence-electron chi connectivity index (χ1n) is 12.9. The highest BCUT2D eigenvalue weighted by molar-refractivity contribution is 6.02. The SMILES string of the molecule is CCN(CC)C(=O)C(C#N)=Cc1cc(OC(=O)Oc2ccccc2OC)c(OC(=O)Oc2ccccc2OC)c([N+](=O)[O-])c1. The number of amides is 1. The molecule has 3 rings (SSSR count). The van der Waals surface area contributed by atoms with Crippen LogP contribution in [0.1, 0.15) is 19.4 Å². The fourth-order valence-electron chi connectivity index (χ4n) is 3.80. The van der Waals surface area contributed by atoms with Crippen LogP contribution >= 0.6 is 0 Å². The average molecular weight is 606 g/mol. The van der Waals surface area contributed by atoms with Crippen LogP contribution in [0.5, 0.6) is 34.5 Å². The minimum atomic E-state index is -1.43. The first-order chi connectivity index (χ1) is 21.1. The molecule has 0 bridgehead atoms. The zero-order valence-electron chi connectivity index (χ0n) is 24.1. The van der Waals surface area contributed by atoms with Crippen molar-refractivity contribution in [1.82, 2.24) is 4.90 Å². The molecule has 0 atom stereocenters. The lowest BCUT2D eigenvalue weighted by molar-refractivity contribution is -0.385. The third kappa shape index (κ3) is 8.01. The molecular weight excluding hydrogens is 578 g/mol. The van der Waals surface area contributed by atoms with Crippen molar-refractivity contribution >= 4 is 30.0 Å². The number of hydrogen-bond acceptors (Lipinski definition) is 12. The topological polar surface area (TPSA) is 177 Å². The van der Waals surface area contributed by atoms with Crippen LogP contribution in [0.25, 0.3) is 6.08 Å². The largest absolute Gasteiger partial charge is 0.519 e. The van der Waals surface area contributed by atoms with E-state index in [-0.39, 0.29) is 34.1 Å². The Bertz CT molecular complexity index is 1620. The maximum absolute atomic E-state index is 12.8. The van der Waals surface area contributed by atoms with Crippen molar-refractivity contribution in [3.63, 3.8) is 0 Å². The number of carbonyl (C=O) groups excluding carboxylic acids is 3. The molecule has 0 unspecified atom stereocenters. The minimum absolute atomic E-state index is 0.0415. The molecule has 0 aliphatic heterocycles. The van der Waals surface area contributed by atoms with E-state index in [0.717, 1.165) is 18.2 Å². The number of hydrogen-bond donors (Lipinski definition) is 0. The summed E-state index contributed by atoms with van der Waals surface area (Å²) in [6.07, 6.45) is -1.74. The molecule has 0 spiro atoms. The summed E-state index contributed by atoms with van der Waals surface area (Å²) >= 11 is 0. The fraction of sp³-hybridized carbons (Fsp3) is 0.200. The monoisotopic (exact) mass is 605 g/mol. The molecule has 14 heteroatoms. The summed E-state index contributed by atoms with van der Waals surface area (Å²) in [5.74, 6) is -1.86. The standard InChI is InChI=1S/C30H27N3O11/c1-5-32(6-2)28(34)20(18-31)15-19-16-21(33(37)38)27(44-30(36)42-25-14-10-8-12-23(25)40-4)26(17-19)43-29(35)41-24-13-9-7-11-22(24)39-3/h7-17H,5-6H2,1-4H3. The molecule has 0 fully saturated rings. The average Bonchev–Trinajstić information content (AvgIpc) is 3.01. The smallest absolute Gasteiger partial charge is 0.493 e. The molecule has 0 aromatic heterocycles. The summed E-state index contributed by atoms with van der Waals surface area (Å²) in [5, 5.41) is 21.8. The Hall–Kier alpha value is -6.10. The van der Waals surface area contributed by atoms with Gasteiger partial charge in [0.25, 0.3) is 11.7 Å². The highest BCUT2D eigenvalue weighted by atomic mass is 16.8. The number of carbonyl (C=O) groups is 3. The molecule has 0 radical (unpaired) electrons. The molecule has 1 amide bonds. The number of nitriles is 1. The van der Waals surface area contributed by atoms with E-state index < -0.39 is 40.3 Å². The van der Waals surface area contributed by atoms with Gasteiger partial charge >= 0.3 is 18.0 Å². The Balaban J connectivity index is 2.09. The van der Waals surface area contributed by atoms with E-state index >= 15 is 0 Å². The molecular formula is C30H27N3O11. The van der Waals surface area contributed by atoms with Crippen LogP contribution in [0, 0.1) is 21.4 Å². The second kappa shape index (κ2) is 15.2. The van der Waals surface area contributed by atoms with Crippen LogP contribution in [-0.2, 0) is 4.79 Å². The Labute approximate surface area is 251 Å². The number of rotatable bonds is 11. The van der Waals surface area contributed by atoms with Crippen molar-refractivity contribution in [3.05, 3.63) is 81.9 Å². The van der Waals surface area contributed by atoms with Gasteiger partial charge in [-0.2, -0.15) is 5.26 Å². The first kappa shape index (κ1) is 32.4. The van der Waals surface area contributed by atoms with E-state index in [1.807, 2.05) is 0 Å². The number of nitro groups is 1. The lowest BCUT2D eigenvalue weighted by atomic mass is 10.1. The van der Waals surface area contributed by atoms with E-state index in [9.17, 15) is 29.8 Å². The summed E-state index contributed by atoms with van der Waals surface area (Å²) in [7, 11) is 2.68. The minimum Gasteiger partial charge on any atom is -0.493 e. The van der Waals surface area contributed by atoms with Crippen LogP contribution in [0.15, 0.2) is 66.2 Å². The van der Waals surface area contributed by atoms with Gasteiger partial charge in [-0.3, -0.25) is 14.9 Å². The summed E-state index contributed by atoms with van der Waals surface area (Å²) in [6.45, 7) is 4.05. The zero-order valence-corrected chi connectivity index (χ0v) is 24.1. The van der Waals surface area contributed by atoms with Gasteiger partial charge in [-0.05, 0) is 55.8 Å². The normalized spacial score (nSPS) is 10.6. The summed E-state index contributed by atoms with van der Waals surface area (Å²) < 4.78 is 31.0. The van der Waals surface area contributed by atoms with Gasteiger partial charge in [0.1, 0.15) is 11.6 Å². The number of nitrogens with zero attached hydrogens (tertiary/aromatic N) is 3. The van der Waals surface area contributed by atoms with Crippen molar-refractivity contribution in [2.45, 2.75) is 13.8 Å². The second-order valence-electron chi connectivity index (χ2n) is 8.48. The van der Waals surface area contributed by atoms with Gasteiger partial charge in [0, 0.05) is 19.2 Å². The third-order valence-corrected chi connectivity index (χ3v) is 5.87. The van der Waals surface area contributed by atoms with E-state index in [1.54, 1.807) is 44.2 Å². The van der Waals surface area contributed by atoms with Crippen molar-refractivity contribution in [2.75, 3.05) is 27.3 Å². The third-order valence-electron chi connectivity index (χ3n) is 5.87. The van der Waals surface area contributed by atoms with Crippen LogP contribution < -0.4 is 28.4 Å². The van der Waals surface area contributed by atoms with Crippen LogP contribution in [0.3, 0.4) is 0 Å². The van der Waals surface area contributed by atoms with Crippen molar-refractivity contribution in [1.29, 1.82) is 5.26 Å². The first-order valence-corrected chi connectivity index (χ1v) is 12.9. The second-order valence-corrected chi connectivity index (χ2v) is 8.48. The van der Waals surface area contributed by atoms with E-state index in [0.29, 0.717) is 13.1 Å². The Kier molecular flexibility index (Phi) is 11.2. The van der Waals surface area contributed by atoms with E-state index in [2.05, 4.69) is 0 Å². The fourth-order valence-corrected chi connectivity index (χ4v) is 3.80. The highest BCUT2D eigenvalue weighted by Gasteiger charge is 2.29. The lowest BCUT2D eigenvalue weighted by Crippen LogP contribution is -2.31. The van der Waals surface area contributed by atoms with Gasteiger partial charge in [0.05, 0.1) is 19.1 Å². The van der Waals surface area contributed by atoms with Crippen molar-refractivity contribution in [2.24, 2.45) is 0 Å². The number of ether oxygens (including phenoxy) is 6. The molecule has 0 saturated heterocycles. The highest BCUT2D eigenvalue weighted by Crippen LogP contribution is 2.40. The molecule has 3 aromatic carbocycles. The Morgan fingerprint density at radius 3 is 1.75 bits per heavy atom. The predicted molar refractivity (Wildman–Crippen MR) is 154 cm³/mol. The van der Waals surface area contributed by atoms with Gasteiger partial charge in [-0.25, -0.2) is 9.59 Å². The molecule has 0 heterocycles. The predicted octanol–water partition coefficient (Wildman–Crippen LogP) is 5.54. The quantitative estimate of drug-likeness (QED) is 0.0666. The molecule has 14 nitrogen and oxygen atoms in total. The summed E-state index contributed by atoms with van der Waals surface area (Å²) in [6, 6.07) is 15.9. The Morgan fingerprint density at radius 1 is 0.818 bits per heavy atom. The molecule has 228 valence electrons. The molecule has 0 aliphatic rings. The molecule has 0 saturated carbocycles. The van der Waals surface area contributed by atoms with E-state index in [1.165, 1.54) is 43.4 Å². The molecule has 0 aliphatic carbocycles. The summed E-state index contributed by atoms with van der Waals surface area (Å²) in [4.78, 5) is 51.0. The van der Waals surface area contributed by atoms with Gasteiger partial charge < -0.3 is 33.3 Å². The number of methoxy groups -OCH3 is 2. The number of para-hydroxylation sites is 4. The molecule has 44 heavy (non-hydrogen) atoms. The van der Waals surface area contributed by atoms with Crippen molar-refractivity contribution in [3.8, 4) is 40.6 Å².